The summed E-state index contributed by atoms with van der Waals surface area (Å²) in [5.74, 6) is -0.851. The van der Waals surface area contributed by atoms with Gasteiger partial charge < -0.3 is 10.6 Å². The van der Waals surface area contributed by atoms with Gasteiger partial charge in [0.2, 0.25) is 5.91 Å². The Kier molecular flexibility index (Phi) is 4.78. The van der Waals surface area contributed by atoms with E-state index in [9.17, 15) is 13.2 Å². The standard InChI is InChI=1S/C12H24N2O3S/c1-12(2)7-5-6-9(11(12)14-4)18(16,17)8-10(15)13-3/h9,11,14H,5-8H2,1-4H3,(H,13,15). The van der Waals surface area contributed by atoms with Crippen LogP contribution >= 0.6 is 0 Å². The molecule has 0 spiro atoms. The molecular weight excluding hydrogens is 252 g/mol. The Morgan fingerprint density at radius 3 is 2.44 bits per heavy atom. The van der Waals surface area contributed by atoms with Gasteiger partial charge in [-0.1, -0.05) is 20.3 Å². The summed E-state index contributed by atoms with van der Waals surface area (Å²) < 4.78 is 24.6. The third kappa shape index (κ3) is 3.23. The molecule has 2 unspecified atom stereocenters. The summed E-state index contributed by atoms with van der Waals surface area (Å²) in [7, 11) is -0.153. The number of rotatable bonds is 4. The van der Waals surface area contributed by atoms with Gasteiger partial charge in [-0.3, -0.25) is 4.79 Å². The summed E-state index contributed by atoms with van der Waals surface area (Å²) >= 11 is 0. The van der Waals surface area contributed by atoms with Crippen molar-refractivity contribution in [2.24, 2.45) is 5.41 Å². The lowest BCUT2D eigenvalue weighted by Crippen LogP contribution is -2.55. The fourth-order valence-corrected chi connectivity index (χ4v) is 5.08. The van der Waals surface area contributed by atoms with E-state index in [1.165, 1.54) is 7.05 Å². The first-order valence-electron chi connectivity index (χ1n) is 6.34. The van der Waals surface area contributed by atoms with Gasteiger partial charge >= 0.3 is 0 Å². The zero-order valence-corrected chi connectivity index (χ0v) is 12.4. The van der Waals surface area contributed by atoms with E-state index in [2.05, 4.69) is 24.5 Å². The largest absolute Gasteiger partial charge is 0.358 e. The minimum Gasteiger partial charge on any atom is -0.358 e. The maximum absolute atomic E-state index is 12.3. The maximum atomic E-state index is 12.3. The van der Waals surface area contributed by atoms with E-state index in [1.54, 1.807) is 7.05 Å². The first-order valence-corrected chi connectivity index (χ1v) is 8.05. The zero-order chi connectivity index (χ0) is 14.0. The van der Waals surface area contributed by atoms with Crippen LogP contribution in [0.5, 0.6) is 0 Å². The lowest BCUT2D eigenvalue weighted by Gasteiger charge is -2.43. The minimum absolute atomic E-state index is 0.0621. The van der Waals surface area contributed by atoms with Crippen molar-refractivity contribution >= 4 is 15.7 Å². The molecule has 0 bridgehead atoms. The molecule has 2 N–H and O–H groups in total. The van der Waals surface area contributed by atoms with Crippen molar-refractivity contribution in [3.8, 4) is 0 Å². The highest BCUT2D eigenvalue weighted by Gasteiger charge is 2.44. The van der Waals surface area contributed by atoms with Gasteiger partial charge in [0.15, 0.2) is 9.84 Å². The summed E-state index contributed by atoms with van der Waals surface area (Å²) in [5.41, 5.74) is -0.0621. The minimum atomic E-state index is -3.40. The monoisotopic (exact) mass is 276 g/mol. The van der Waals surface area contributed by atoms with Crippen molar-refractivity contribution in [3.05, 3.63) is 0 Å². The molecule has 5 nitrogen and oxygen atoms in total. The molecule has 0 saturated heterocycles. The molecule has 1 aliphatic rings. The molecule has 0 aliphatic heterocycles. The van der Waals surface area contributed by atoms with Gasteiger partial charge in [0.05, 0.1) is 5.25 Å². The average molecular weight is 276 g/mol. The highest BCUT2D eigenvalue weighted by Crippen LogP contribution is 2.38. The molecule has 1 saturated carbocycles. The Morgan fingerprint density at radius 1 is 1.33 bits per heavy atom. The van der Waals surface area contributed by atoms with E-state index < -0.39 is 26.7 Å². The Balaban J connectivity index is 2.95. The van der Waals surface area contributed by atoms with Gasteiger partial charge in [0, 0.05) is 13.1 Å². The fraction of sp³-hybridized carbons (Fsp3) is 0.917. The first-order chi connectivity index (χ1) is 8.24. The molecule has 18 heavy (non-hydrogen) atoms. The molecule has 0 aromatic heterocycles. The van der Waals surface area contributed by atoms with Crippen LogP contribution in [0.2, 0.25) is 0 Å². The van der Waals surface area contributed by atoms with Crippen molar-refractivity contribution < 1.29 is 13.2 Å². The molecule has 0 aromatic rings. The van der Waals surface area contributed by atoms with Crippen LogP contribution in [-0.4, -0.2) is 45.5 Å². The van der Waals surface area contributed by atoms with Crippen molar-refractivity contribution in [3.63, 3.8) is 0 Å². The summed E-state index contributed by atoms with van der Waals surface area (Å²) in [6, 6.07) is -0.0964. The summed E-state index contributed by atoms with van der Waals surface area (Å²) in [5, 5.41) is 5.04. The predicted molar refractivity (Wildman–Crippen MR) is 72.1 cm³/mol. The molecule has 6 heteroatoms. The van der Waals surface area contributed by atoms with Crippen LogP contribution in [0, 0.1) is 5.41 Å². The second-order valence-corrected chi connectivity index (χ2v) is 7.89. The molecular formula is C12H24N2O3S. The topological polar surface area (TPSA) is 75.3 Å². The quantitative estimate of drug-likeness (QED) is 0.775. The molecule has 2 atom stereocenters. The second kappa shape index (κ2) is 5.57. The van der Waals surface area contributed by atoms with Crippen LogP contribution in [0.1, 0.15) is 33.1 Å². The first kappa shape index (κ1) is 15.4. The number of carbonyl (C=O) groups is 1. The van der Waals surface area contributed by atoms with Crippen molar-refractivity contribution in [2.75, 3.05) is 19.8 Å². The fourth-order valence-electron chi connectivity index (χ4n) is 2.91. The van der Waals surface area contributed by atoms with E-state index in [0.29, 0.717) is 6.42 Å². The van der Waals surface area contributed by atoms with E-state index in [0.717, 1.165) is 12.8 Å². The average Bonchev–Trinajstić information content (AvgIpc) is 2.26. The third-order valence-corrected chi connectivity index (χ3v) is 6.00. The number of sulfone groups is 1. The lowest BCUT2D eigenvalue weighted by atomic mass is 9.73. The van der Waals surface area contributed by atoms with Gasteiger partial charge in [-0.25, -0.2) is 8.42 Å². The van der Waals surface area contributed by atoms with E-state index in [4.69, 9.17) is 0 Å². The smallest absolute Gasteiger partial charge is 0.234 e. The SMILES string of the molecule is CNC(=O)CS(=O)(=O)C1CCCC(C)(C)C1NC. The van der Waals surface area contributed by atoms with E-state index in [-0.39, 0.29) is 11.5 Å². The molecule has 1 aliphatic carbocycles. The zero-order valence-electron chi connectivity index (χ0n) is 11.6. The van der Waals surface area contributed by atoms with Crippen LogP contribution in [0.15, 0.2) is 0 Å². The molecule has 1 amide bonds. The van der Waals surface area contributed by atoms with Crippen molar-refractivity contribution in [1.82, 2.24) is 10.6 Å². The number of amides is 1. The predicted octanol–water partition coefficient (Wildman–Crippen LogP) is 0.314. The second-order valence-electron chi connectivity index (χ2n) is 5.67. The van der Waals surface area contributed by atoms with Gasteiger partial charge in [-0.15, -0.1) is 0 Å². The van der Waals surface area contributed by atoms with Crippen LogP contribution < -0.4 is 10.6 Å². The third-order valence-electron chi connectivity index (χ3n) is 3.91. The number of hydrogen-bond acceptors (Lipinski definition) is 4. The van der Waals surface area contributed by atoms with Gasteiger partial charge in [0.25, 0.3) is 0 Å². The number of nitrogens with one attached hydrogen (secondary N) is 2. The molecule has 1 rings (SSSR count). The summed E-state index contributed by atoms with van der Waals surface area (Å²) in [6.45, 7) is 4.16. The Bertz CT molecular complexity index is 404. The van der Waals surface area contributed by atoms with Crippen LogP contribution in [0.25, 0.3) is 0 Å². The van der Waals surface area contributed by atoms with Gasteiger partial charge in [-0.2, -0.15) is 0 Å². The van der Waals surface area contributed by atoms with Crippen LogP contribution in [-0.2, 0) is 14.6 Å². The Morgan fingerprint density at radius 2 is 1.94 bits per heavy atom. The van der Waals surface area contributed by atoms with E-state index >= 15 is 0 Å². The number of carbonyl (C=O) groups excluding carboxylic acids is 1. The highest BCUT2D eigenvalue weighted by molar-refractivity contribution is 7.92. The molecule has 106 valence electrons. The van der Waals surface area contributed by atoms with E-state index in [1.807, 2.05) is 0 Å². The molecule has 0 heterocycles. The Labute approximate surface area is 110 Å². The summed E-state index contributed by atoms with van der Waals surface area (Å²) in [6.07, 6.45) is 2.53. The lowest BCUT2D eigenvalue weighted by molar-refractivity contribution is -0.118. The molecule has 0 radical (unpaired) electrons. The Hall–Kier alpha value is -0.620. The van der Waals surface area contributed by atoms with Crippen LogP contribution in [0.3, 0.4) is 0 Å². The normalized spacial score (nSPS) is 27.8. The van der Waals surface area contributed by atoms with Gasteiger partial charge in [0.1, 0.15) is 5.75 Å². The maximum Gasteiger partial charge on any atom is 0.234 e. The van der Waals surface area contributed by atoms with Gasteiger partial charge in [-0.05, 0) is 25.3 Å². The van der Waals surface area contributed by atoms with Crippen molar-refractivity contribution in [1.29, 1.82) is 0 Å². The summed E-state index contributed by atoms with van der Waals surface area (Å²) in [4.78, 5) is 11.3. The molecule has 1 fully saturated rings. The number of hydrogen-bond donors (Lipinski definition) is 2. The molecule has 0 aromatic carbocycles. The van der Waals surface area contributed by atoms with Crippen LogP contribution in [0.4, 0.5) is 0 Å². The van der Waals surface area contributed by atoms with Crippen molar-refractivity contribution in [2.45, 2.75) is 44.4 Å². The highest BCUT2D eigenvalue weighted by atomic mass is 32.2.